The summed E-state index contributed by atoms with van der Waals surface area (Å²) >= 11 is 0. The predicted molar refractivity (Wildman–Crippen MR) is 174 cm³/mol. The van der Waals surface area contributed by atoms with E-state index < -0.39 is 34.2 Å². The molecule has 264 valence electrons. The first kappa shape index (κ1) is 52.8. The number of aliphatic carboxylic acids is 3. The summed E-state index contributed by atoms with van der Waals surface area (Å²) in [4.78, 5) is 65.9. The first-order valence-corrected chi connectivity index (χ1v) is 16.3. The number of carboxylic acids is 3. The summed E-state index contributed by atoms with van der Waals surface area (Å²) < 4.78 is 0. The van der Waals surface area contributed by atoms with Crippen molar-refractivity contribution in [2.24, 2.45) is 16.2 Å². The second-order valence-corrected chi connectivity index (χ2v) is 11.1. The normalized spacial score (nSPS) is 10.7. The van der Waals surface area contributed by atoms with Crippen molar-refractivity contribution in [1.29, 1.82) is 0 Å². The molecule has 0 aliphatic carbocycles. The molecule has 0 aliphatic heterocycles. The minimum absolute atomic E-state index is 0. The fourth-order valence-corrected chi connectivity index (χ4v) is 5.16. The second kappa shape index (κ2) is 29.7. The third-order valence-electron chi connectivity index (χ3n) is 9.31. The first-order valence-electron chi connectivity index (χ1n) is 16.3. The maximum Gasteiger partial charge on any atom is 0.310 e. The molecule has 0 saturated heterocycles. The molecule has 0 unspecified atom stereocenters. The average Bonchev–Trinajstić information content (AvgIpc) is 2.97. The van der Waals surface area contributed by atoms with E-state index in [1.807, 2.05) is 62.3 Å². The number of Topliss-reactive ketones (excluding diaryl/α,β-unsaturated/α-hetero) is 3. The van der Waals surface area contributed by atoms with Crippen LogP contribution in [0.4, 0.5) is 0 Å². The summed E-state index contributed by atoms with van der Waals surface area (Å²) in [7, 11) is 0. The van der Waals surface area contributed by atoms with E-state index in [1.165, 1.54) is 0 Å². The van der Waals surface area contributed by atoms with Gasteiger partial charge in [0, 0.05) is 49.1 Å². The molecule has 10 nitrogen and oxygen atoms in total. The van der Waals surface area contributed by atoms with Crippen LogP contribution in [0.1, 0.15) is 159 Å². The minimum atomic E-state index is -1.02. The van der Waals surface area contributed by atoms with Gasteiger partial charge in [0.2, 0.25) is 0 Å². The molecule has 45 heavy (non-hydrogen) atoms. The molecule has 0 radical (unpaired) electrons. The van der Waals surface area contributed by atoms with Crippen molar-refractivity contribution in [2.75, 3.05) is 6.61 Å². The van der Waals surface area contributed by atoms with Crippen LogP contribution in [0.15, 0.2) is 0 Å². The third-order valence-corrected chi connectivity index (χ3v) is 9.31. The predicted octanol–water partition coefficient (Wildman–Crippen LogP) is 7.52. The van der Waals surface area contributed by atoms with Crippen molar-refractivity contribution in [3.8, 4) is 0 Å². The van der Waals surface area contributed by atoms with Gasteiger partial charge in [0.05, 0.1) is 0 Å². The number of aliphatic hydroxyl groups excluding tert-OH is 1. The van der Waals surface area contributed by atoms with Crippen molar-refractivity contribution in [1.82, 2.24) is 0 Å². The van der Waals surface area contributed by atoms with Gasteiger partial charge >= 0.3 is 17.9 Å². The number of hydrogen-bond acceptors (Lipinski definition) is 7. The number of unbranched alkanes of at least 4 members (excludes halogenated alkanes) is 1. The topological polar surface area (TPSA) is 183 Å². The average molecular weight is 724 g/mol. The maximum atomic E-state index is 11.6. The van der Waals surface area contributed by atoms with Gasteiger partial charge in [-0.1, -0.05) is 75.7 Å². The zero-order chi connectivity index (χ0) is 35.6. The molecule has 0 aromatic heterocycles. The van der Waals surface area contributed by atoms with E-state index in [0.29, 0.717) is 6.61 Å². The van der Waals surface area contributed by atoms with Crippen LogP contribution < -0.4 is 0 Å². The van der Waals surface area contributed by atoms with Gasteiger partial charge < -0.3 is 20.4 Å². The molecule has 4 N–H and O–H groups in total. The SMILES string of the molecule is CCC(CC)(CC)C(=O)CC(=O)O.CCC(CC)(CC)C(=O)CC(=O)O.CCC(CC)(CC)C(=O)CC(=O)O.CCCCO.[Zr]. The van der Waals surface area contributed by atoms with Gasteiger partial charge in [-0.15, -0.1) is 0 Å². The largest absolute Gasteiger partial charge is 0.481 e. The fourth-order valence-electron chi connectivity index (χ4n) is 5.16. The monoisotopic (exact) mass is 722 g/mol. The molecule has 0 saturated carbocycles. The van der Waals surface area contributed by atoms with E-state index in [1.54, 1.807) is 0 Å². The van der Waals surface area contributed by atoms with Gasteiger partial charge in [0.1, 0.15) is 36.6 Å². The van der Waals surface area contributed by atoms with Crippen molar-refractivity contribution in [3.63, 3.8) is 0 Å². The number of aliphatic hydroxyl groups is 1. The standard InChI is InChI=1S/3C10H18O3.C4H10O.Zr/c3*1-4-10(5-2,6-3)8(11)7-9(12)13;1-2-3-4-5;/h3*4-7H2,1-3H3,(H,12,13);5H,2-4H2,1H3;. The van der Waals surface area contributed by atoms with Gasteiger partial charge in [0.25, 0.3) is 0 Å². The Morgan fingerprint density at radius 1 is 0.422 bits per heavy atom. The summed E-state index contributed by atoms with van der Waals surface area (Å²) in [6, 6.07) is 0. The molecule has 0 spiro atoms. The molecule has 0 aromatic carbocycles. The summed E-state index contributed by atoms with van der Waals surface area (Å²) in [5.74, 6) is -3.47. The van der Waals surface area contributed by atoms with Gasteiger partial charge in [0.15, 0.2) is 0 Å². The molecule has 0 rings (SSSR count). The van der Waals surface area contributed by atoms with Crippen LogP contribution in [0.2, 0.25) is 0 Å². The van der Waals surface area contributed by atoms with Crippen LogP contribution in [-0.4, -0.2) is 62.3 Å². The molecular formula is C34H64O10Zr. The zero-order valence-electron chi connectivity index (χ0n) is 29.8. The Morgan fingerprint density at radius 3 is 0.667 bits per heavy atom. The third kappa shape index (κ3) is 20.9. The number of hydrogen-bond donors (Lipinski definition) is 4. The summed E-state index contributed by atoms with van der Waals surface area (Å²) in [5.41, 5.74) is -1.21. The van der Waals surface area contributed by atoms with Crippen LogP contribution >= 0.6 is 0 Å². The summed E-state index contributed by atoms with van der Waals surface area (Å²) in [5, 5.41) is 33.6. The zero-order valence-corrected chi connectivity index (χ0v) is 32.3. The molecule has 0 atom stereocenters. The molecule has 0 heterocycles. The number of rotatable bonds is 20. The van der Waals surface area contributed by atoms with Gasteiger partial charge in [-0.05, 0) is 64.2 Å². The smallest absolute Gasteiger partial charge is 0.310 e. The van der Waals surface area contributed by atoms with Gasteiger partial charge in [-0.25, -0.2) is 0 Å². The Kier molecular flexibility index (Phi) is 34.8. The Balaban J connectivity index is -0.000000163. The van der Waals surface area contributed by atoms with Crippen molar-refractivity contribution >= 4 is 35.3 Å². The van der Waals surface area contributed by atoms with Crippen LogP contribution in [0.25, 0.3) is 0 Å². The Morgan fingerprint density at radius 2 is 0.600 bits per heavy atom. The van der Waals surface area contributed by atoms with E-state index in [9.17, 15) is 28.8 Å². The number of ketones is 3. The molecule has 0 bridgehead atoms. The van der Waals surface area contributed by atoms with Crippen LogP contribution in [-0.2, 0) is 55.0 Å². The minimum Gasteiger partial charge on any atom is -0.481 e. The second-order valence-electron chi connectivity index (χ2n) is 11.1. The Bertz CT molecular complexity index is 711. The van der Waals surface area contributed by atoms with E-state index in [0.717, 1.165) is 70.6 Å². The van der Waals surface area contributed by atoms with Gasteiger partial charge in [-0.2, -0.15) is 0 Å². The van der Waals surface area contributed by atoms with Crippen molar-refractivity contribution in [2.45, 2.75) is 159 Å². The maximum absolute atomic E-state index is 11.6. The Hall–Kier alpha value is -1.74. The van der Waals surface area contributed by atoms with Crippen molar-refractivity contribution < 1.29 is 75.4 Å². The number of carbonyl (C=O) groups excluding carboxylic acids is 3. The van der Waals surface area contributed by atoms with E-state index in [4.69, 9.17) is 20.4 Å². The van der Waals surface area contributed by atoms with E-state index >= 15 is 0 Å². The summed E-state index contributed by atoms with van der Waals surface area (Å²) in [6.45, 7) is 19.8. The Labute approximate surface area is 291 Å². The molecular weight excluding hydrogens is 660 g/mol. The van der Waals surface area contributed by atoms with Crippen LogP contribution in [0.3, 0.4) is 0 Å². The van der Waals surface area contributed by atoms with E-state index in [2.05, 4.69) is 6.92 Å². The van der Waals surface area contributed by atoms with E-state index in [-0.39, 0.29) is 62.8 Å². The van der Waals surface area contributed by atoms with Gasteiger partial charge in [-0.3, -0.25) is 28.8 Å². The van der Waals surface area contributed by atoms with Crippen LogP contribution in [0, 0.1) is 16.2 Å². The van der Waals surface area contributed by atoms with Crippen LogP contribution in [0.5, 0.6) is 0 Å². The molecule has 0 fully saturated rings. The summed E-state index contributed by atoms with van der Waals surface area (Å²) in [6.07, 6.45) is 7.58. The van der Waals surface area contributed by atoms with Crippen molar-refractivity contribution in [3.05, 3.63) is 0 Å². The number of carbonyl (C=O) groups is 6. The number of carboxylic acid groups (broad SMARTS) is 3. The molecule has 0 amide bonds. The fraction of sp³-hybridized carbons (Fsp3) is 0.824. The molecule has 0 aromatic rings. The molecule has 11 heteroatoms. The molecule has 0 aliphatic rings. The first-order chi connectivity index (χ1) is 20.5. The quantitative estimate of drug-likeness (QED) is 0.0917.